The molecule has 2 aliphatic rings. The Morgan fingerprint density at radius 3 is 3.08 bits per heavy atom. The molecule has 0 N–H and O–H groups in total. The van der Waals surface area contributed by atoms with Gasteiger partial charge in [-0.2, -0.15) is 0 Å². The number of hydrogen-bond donors (Lipinski definition) is 0. The smallest absolute Gasteiger partial charge is 0.127 e. The second-order valence-electron chi connectivity index (χ2n) is 6.79. The van der Waals surface area contributed by atoms with E-state index in [4.69, 9.17) is 4.74 Å². The maximum atomic E-state index is 5.89. The van der Waals surface area contributed by atoms with Gasteiger partial charge in [-0.3, -0.25) is 14.9 Å². The highest BCUT2D eigenvalue weighted by Gasteiger charge is 2.24. The fraction of sp³-hybridized carbons (Fsp3) is 0.400. The molecule has 0 radical (unpaired) electrons. The number of nitrogens with zero attached hydrogens (tertiary/aromatic N) is 3. The van der Waals surface area contributed by atoms with Crippen LogP contribution in [-0.4, -0.2) is 41.1 Å². The SMILES string of the molecule is Cc1cncc([C@@H]2CCCN(CC3=Cc4ccccc4OC3)C2)n1. The number of benzene rings is 1. The molecular formula is C20H23N3O. The zero-order valence-corrected chi connectivity index (χ0v) is 14.1. The van der Waals surface area contributed by atoms with Gasteiger partial charge in [0.1, 0.15) is 12.4 Å². The summed E-state index contributed by atoms with van der Waals surface area (Å²) in [6.45, 7) is 5.89. The maximum Gasteiger partial charge on any atom is 0.127 e. The monoisotopic (exact) mass is 321 g/mol. The van der Waals surface area contributed by atoms with Crippen molar-refractivity contribution >= 4 is 6.08 Å². The number of hydrogen-bond acceptors (Lipinski definition) is 4. The van der Waals surface area contributed by atoms with Crippen LogP contribution in [0.1, 0.15) is 35.7 Å². The molecule has 1 fully saturated rings. The summed E-state index contributed by atoms with van der Waals surface area (Å²) in [4.78, 5) is 11.5. The van der Waals surface area contributed by atoms with Crippen molar-refractivity contribution in [3.63, 3.8) is 0 Å². The van der Waals surface area contributed by atoms with Crippen LogP contribution in [0.2, 0.25) is 0 Å². The summed E-state index contributed by atoms with van der Waals surface area (Å²) >= 11 is 0. The summed E-state index contributed by atoms with van der Waals surface area (Å²) in [5.41, 5.74) is 4.69. The quantitative estimate of drug-likeness (QED) is 0.868. The summed E-state index contributed by atoms with van der Waals surface area (Å²) in [6.07, 6.45) is 8.46. The van der Waals surface area contributed by atoms with E-state index in [-0.39, 0.29) is 0 Å². The van der Waals surface area contributed by atoms with Crippen LogP contribution in [0.15, 0.2) is 42.2 Å². The largest absolute Gasteiger partial charge is 0.489 e. The Bertz CT molecular complexity index is 756. The molecule has 0 unspecified atom stereocenters. The molecule has 1 aromatic carbocycles. The Morgan fingerprint density at radius 2 is 2.17 bits per heavy atom. The average Bonchev–Trinajstić information content (AvgIpc) is 2.62. The number of aryl methyl sites for hydroxylation is 1. The summed E-state index contributed by atoms with van der Waals surface area (Å²) < 4.78 is 5.89. The third kappa shape index (κ3) is 3.34. The van der Waals surface area contributed by atoms with Gasteiger partial charge in [-0.05, 0) is 44.0 Å². The molecule has 0 aliphatic carbocycles. The molecule has 4 rings (SSSR count). The van der Waals surface area contributed by atoms with E-state index in [1.165, 1.54) is 24.0 Å². The van der Waals surface area contributed by atoms with Gasteiger partial charge in [-0.25, -0.2) is 0 Å². The van der Waals surface area contributed by atoms with Crippen molar-refractivity contribution in [2.75, 3.05) is 26.2 Å². The molecule has 124 valence electrons. The van der Waals surface area contributed by atoms with E-state index in [9.17, 15) is 0 Å². The molecular weight excluding hydrogens is 298 g/mol. The fourth-order valence-electron chi connectivity index (χ4n) is 3.66. The van der Waals surface area contributed by atoms with Crippen LogP contribution in [-0.2, 0) is 0 Å². The van der Waals surface area contributed by atoms with Crippen molar-refractivity contribution in [2.24, 2.45) is 0 Å². The number of piperidine rings is 1. The third-order valence-electron chi connectivity index (χ3n) is 4.82. The van der Waals surface area contributed by atoms with Crippen LogP contribution in [0.4, 0.5) is 0 Å². The van der Waals surface area contributed by atoms with Crippen LogP contribution in [0.5, 0.6) is 5.75 Å². The first-order valence-corrected chi connectivity index (χ1v) is 8.70. The van der Waals surface area contributed by atoms with Crippen molar-refractivity contribution in [3.8, 4) is 5.75 Å². The lowest BCUT2D eigenvalue weighted by Gasteiger charge is -2.33. The molecule has 1 aromatic heterocycles. The van der Waals surface area contributed by atoms with Crippen LogP contribution in [0.25, 0.3) is 6.08 Å². The first-order chi connectivity index (χ1) is 11.8. The van der Waals surface area contributed by atoms with Crippen molar-refractivity contribution in [1.29, 1.82) is 0 Å². The normalized spacial score (nSPS) is 20.9. The molecule has 0 saturated carbocycles. The highest BCUT2D eigenvalue weighted by molar-refractivity contribution is 5.62. The van der Waals surface area contributed by atoms with E-state index < -0.39 is 0 Å². The first-order valence-electron chi connectivity index (χ1n) is 8.70. The molecule has 4 nitrogen and oxygen atoms in total. The average molecular weight is 321 g/mol. The summed E-state index contributed by atoms with van der Waals surface area (Å²) in [5.74, 6) is 1.48. The van der Waals surface area contributed by atoms with Crippen LogP contribution < -0.4 is 4.74 Å². The molecule has 2 aliphatic heterocycles. The van der Waals surface area contributed by atoms with E-state index in [1.807, 2.05) is 31.5 Å². The number of para-hydroxylation sites is 1. The Hall–Kier alpha value is -2.20. The molecule has 0 spiro atoms. The fourth-order valence-corrected chi connectivity index (χ4v) is 3.66. The minimum atomic E-state index is 0.489. The van der Waals surface area contributed by atoms with Gasteiger partial charge in [0, 0.05) is 37.0 Å². The van der Waals surface area contributed by atoms with Gasteiger partial charge in [-0.1, -0.05) is 18.2 Å². The van der Waals surface area contributed by atoms with E-state index in [2.05, 4.69) is 33.1 Å². The summed E-state index contributed by atoms with van der Waals surface area (Å²) in [5, 5.41) is 0. The van der Waals surface area contributed by atoms with Gasteiger partial charge in [0.2, 0.25) is 0 Å². The zero-order valence-electron chi connectivity index (χ0n) is 14.1. The highest BCUT2D eigenvalue weighted by Crippen LogP contribution is 2.29. The van der Waals surface area contributed by atoms with Crippen molar-refractivity contribution in [3.05, 3.63) is 59.2 Å². The van der Waals surface area contributed by atoms with Crippen molar-refractivity contribution in [2.45, 2.75) is 25.7 Å². The van der Waals surface area contributed by atoms with E-state index in [0.717, 1.165) is 36.8 Å². The lowest BCUT2D eigenvalue weighted by atomic mass is 9.94. The van der Waals surface area contributed by atoms with Crippen LogP contribution in [0, 0.1) is 6.92 Å². The van der Waals surface area contributed by atoms with E-state index in [1.54, 1.807) is 0 Å². The van der Waals surface area contributed by atoms with Crippen LogP contribution in [0.3, 0.4) is 0 Å². The molecule has 1 saturated heterocycles. The number of fused-ring (bicyclic) bond motifs is 1. The van der Waals surface area contributed by atoms with Gasteiger partial charge >= 0.3 is 0 Å². The van der Waals surface area contributed by atoms with E-state index >= 15 is 0 Å². The Balaban J connectivity index is 1.45. The highest BCUT2D eigenvalue weighted by atomic mass is 16.5. The first kappa shape index (κ1) is 15.3. The lowest BCUT2D eigenvalue weighted by molar-refractivity contribution is 0.213. The lowest BCUT2D eigenvalue weighted by Crippen LogP contribution is -2.37. The van der Waals surface area contributed by atoms with Gasteiger partial charge in [0.15, 0.2) is 0 Å². The Kier molecular flexibility index (Phi) is 4.30. The molecule has 24 heavy (non-hydrogen) atoms. The predicted octanol–water partition coefficient (Wildman–Crippen LogP) is 3.44. The van der Waals surface area contributed by atoms with Gasteiger partial charge in [0.05, 0.1) is 11.4 Å². The molecule has 1 atom stereocenters. The van der Waals surface area contributed by atoms with Gasteiger partial charge in [-0.15, -0.1) is 0 Å². The number of likely N-dealkylation sites (tertiary alicyclic amines) is 1. The maximum absolute atomic E-state index is 5.89. The topological polar surface area (TPSA) is 38.2 Å². The second-order valence-corrected chi connectivity index (χ2v) is 6.79. The molecule has 0 amide bonds. The third-order valence-corrected chi connectivity index (χ3v) is 4.82. The van der Waals surface area contributed by atoms with Gasteiger partial charge in [0.25, 0.3) is 0 Å². The minimum absolute atomic E-state index is 0.489. The number of aromatic nitrogens is 2. The molecule has 2 aromatic rings. The molecule has 3 heterocycles. The van der Waals surface area contributed by atoms with E-state index in [0.29, 0.717) is 12.5 Å². The minimum Gasteiger partial charge on any atom is -0.489 e. The Labute approximate surface area is 143 Å². The zero-order chi connectivity index (χ0) is 16.4. The second kappa shape index (κ2) is 6.73. The van der Waals surface area contributed by atoms with Crippen molar-refractivity contribution in [1.82, 2.24) is 14.9 Å². The van der Waals surface area contributed by atoms with Crippen molar-refractivity contribution < 1.29 is 4.74 Å². The summed E-state index contributed by atoms with van der Waals surface area (Å²) in [6, 6.07) is 8.25. The number of rotatable bonds is 3. The van der Waals surface area contributed by atoms with Gasteiger partial charge < -0.3 is 4.74 Å². The summed E-state index contributed by atoms with van der Waals surface area (Å²) in [7, 11) is 0. The van der Waals surface area contributed by atoms with Crippen LogP contribution >= 0.6 is 0 Å². The standard InChI is InChI=1S/C20H23N3O/c1-15-10-21-11-19(22-15)18-6-4-8-23(13-18)12-16-9-17-5-2-3-7-20(17)24-14-16/h2-3,5,7,9-11,18H,4,6,8,12-14H2,1H3/t18-/m1/s1. The predicted molar refractivity (Wildman–Crippen MR) is 95.1 cm³/mol. The molecule has 0 bridgehead atoms. The molecule has 4 heteroatoms. The Morgan fingerprint density at radius 1 is 1.25 bits per heavy atom. The number of ether oxygens (including phenoxy) is 1.